The number of benzene rings is 2. The van der Waals surface area contributed by atoms with Crippen LogP contribution in [0.25, 0.3) is 0 Å². The van der Waals surface area contributed by atoms with E-state index in [0.717, 1.165) is 16.5 Å². The number of ether oxygens (including phenoxy) is 1. The lowest BCUT2D eigenvalue weighted by Gasteiger charge is -2.11. The van der Waals surface area contributed by atoms with Gasteiger partial charge in [-0.05, 0) is 54.4 Å². The van der Waals surface area contributed by atoms with Crippen LogP contribution < -0.4 is 10.1 Å². The number of aryl methyl sites for hydroxylation is 1. The molecule has 0 heterocycles. The van der Waals surface area contributed by atoms with E-state index in [1.54, 1.807) is 0 Å². The molecule has 2 aromatic carbocycles. The molecule has 0 saturated heterocycles. The molecule has 110 valence electrons. The monoisotopic (exact) mass is 351 g/mol. The van der Waals surface area contributed by atoms with Gasteiger partial charge in [-0.3, -0.25) is 4.79 Å². The van der Waals surface area contributed by atoms with E-state index in [1.807, 2.05) is 25.1 Å². The van der Waals surface area contributed by atoms with Crippen LogP contribution in [0.15, 0.2) is 46.9 Å². The molecule has 21 heavy (non-hydrogen) atoms. The Hall–Kier alpha value is -1.88. The second-order valence-electron chi connectivity index (χ2n) is 4.45. The minimum atomic E-state index is -0.341. The van der Waals surface area contributed by atoms with Crippen molar-refractivity contribution in [2.24, 2.45) is 0 Å². The van der Waals surface area contributed by atoms with Crippen LogP contribution in [-0.2, 0) is 11.2 Å². The lowest BCUT2D eigenvalue weighted by molar-refractivity contribution is -0.118. The van der Waals surface area contributed by atoms with Gasteiger partial charge >= 0.3 is 0 Å². The molecule has 0 spiro atoms. The summed E-state index contributed by atoms with van der Waals surface area (Å²) < 4.78 is 19.3. The van der Waals surface area contributed by atoms with Crippen molar-refractivity contribution in [3.8, 4) is 5.75 Å². The van der Waals surface area contributed by atoms with Gasteiger partial charge in [0.25, 0.3) is 5.91 Å². The molecular weight excluding hydrogens is 337 g/mol. The molecule has 0 unspecified atom stereocenters. The van der Waals surface area contributed by atoms with Crippen molar-refractivity contribution in [3.63, 3.8) is 0 Å². The fourth-order valence-corrected chi connectivity index (χ4v) is 2.25. The summed E-state index contributed by atoms with van der Waals surface area (Å²) in [5.41, 5.74) is 1.57. The van der Waals surface area contributed by atoms with Crippen LogP contribution >= 0.6 is 15.9 Å². The zero-order chi connectivity index (χ0) is 15.2. The largest absolute Gasteiger partial charge is 0.483 e. The first-order valence-electron chi connectivity index (χ1n) is 6.55. The van der Waals surface area contributed by atoms with Gasteiger partial charge in [-0.2, -0.15) is 0 Å². The van der Waals surface area contributed by atoms with Gasteiger partial charge in [0.2, 0.25) is 0 Å². The molecule has 0 bridgehead atoms. The smallest absolute Gasteiger partial charge is 0.262 e. The van der Waals surface area contributed by atoms with Crippen molar-refractivity contribution in [1.29, 1.82) is 0 Å². The Balaban J connectivity index is 1.93. The third kappa shape index (κ3) is 4.56. The second-order valence-corrected chi connectivity index (χ2v) is 5.37. The van der Waals surface area contributed by atoms with E-state index in [0.29, 0.717) is 11.4 Å². The number of nitrogens with one attached hydrogen (secondary N) is 1. The minimum Gasteiger partial charge on any atom is -0.483 e. The molecule has 1 N–H and O–H groups in total. The molecule has 0 radical (unpaired) electrons. The van der Waals surface area contributed by atoms with Crippen LogP contribution in [0, 0.1) is 5.82 Å². The van der Waals surface area contributed by atoms with Crippen molar-refractivity contribution in [1.82, 2.24) is 0 Å². The normalized spacial score (nSPS) is 10.2. The molecule has 1 amide bonds. The highest BCUT2D eigenvalue weighted by atomic mass is 79.9. The fraction of sp³-hybridized carbons (Fsp3) is 0.188. The third-order valence-electron chi connectivity index (χ3n) is 2.89. The summed E-state index contributed by atoms with van der Waals surface area (Å²) in [6, 6.07) is 11.3. The number of amides is 1. The van der Waals surface area contributed by atoms with Crippen LogP contribution in [-0.4, -0.2) is 12.5 Å². The topological polar surface area (TPSA) is 38.3 Å². The SMILES string of the molecule is CCc1cc(Br)ccc1OCC(=O)Nc1ccc(F)cc1. The van der Waals surface area contributed by atoms with Gasteiger partial charge in [-0.15, -0.1) is 0 Å². The Morgan fingerprint density at radius 3 is 2.62 bits per heavy atom. The summed E-state index contributed by atoms with van der Waals surface area (Å²) in [4.78, 5) is 11.8. The number of anilines is 1. The highest BCUT2D eigenvalue weighted by Crippen LogP contribution is 2.23. The number of halogens is 2. The first-order chi connectivity index (χ1) is 10.1. The fourth-order valence-electron chi connectivity index (χ4n) is 1.84. The first kappa shape index (κ1) is 15.5. The van der Waals surface area contributed by atoms with Crippen molar-refractivity contribution < 1.29 is 13.9 Å². The van der Waals surface area contributed by atoms with Gasteiger partial charge in [0, 0.05) is 10.2 Å². The molecular formula is C16H15BrFNO2. The molecule has 0 fully saturated rings. The predicted molar refractivity (Wildman–Crippen MR) is 84.0 cm³/mol. The van der Waals surface area contributed by atoms with Crippen molar-refractivity contribution in [2.45, 2.75) is 13.3 Å². The lowest BCUT2D eigenvalue weighted by atomic mass is 10.1. The quantitative estimate of drug-likeness (QED) is 0.877. The van der Waals surface area contributed by atoms with Crippen LogP contribution in [0.1, 0.15) is 12.5 Å². The Bertz CT molecular complexity index is 629. The van der Waals surface area contributed by atoms with E-state index in [1.165, 1.54) is 24.3 Å². The number of carbonyl (C=O) groups excluding carboxylic acids is 1. The van der Waals surface area contributed by atoms with Crippen molar-refractivity contribution >= 4 is 27.5 Å². The maximum absolute atomic E-state index is 12.8. The van der Waals surface area contributed by atoms with Crippen LogP contribution in [0.4, 0.5) is 10.1 Å². The van der Waals surface area contributed by atoms with E-state index in [9.17, 15) is 9.18 Å². The molecule has 0 saturated carbocycles. The van der Waals surface area contributed by atoms with Crippen LogP contribution in [0.3, 0.4) is 0 Å². The molecule has 0 aliphatic heterocycles. The molecule has 3 nitrogen and oxygen atoms in total. The van der Waals surface area contributed by atoms with Crippen molar-refractivity contribution in [2.75, 3.05) is 11.9 Å². The second kappa shape index (κ2) is 7.22. The standard InChI is InChI=1S/C16H15BrFNO2/c1-2-11-9-12(17)3-8-15(11)21-10-16(20)19-14-6-4-13(18)5-7-14/h3-9H,2,10H2,1H3,(H,19,20). The summed E-state index contributed by atoms with van der Waals surface area (Å²) in [5, 5.41) is 2.65. The molecule has 0 aliphatic rings. The minimum absolute atomic E-state index is 0.0913. The average Bonchev–Trinajstić information content (AvgIpc) is 2.48. The lowest BCUT2D eigenvalue weighted by Crippen LogP contribution is -2.20. The Morgan fingerprint density at radius 1 is 1.24 bits per heavy atom. The van der Waals surface area contributed by atoms with Crippen LogP contribution in [0.5, 0.6) is 5.75 Å². The average molecular weight is 352 g/mol. The Labute approximate surface area is 131 Å². The molecule has 0 aromatic heterocycles. The molecule has 2 rings (SSSR count). The highest BCUT2D eigenvalue weighted by Gasteiger charge is 2.07. The van der Waals surface area contributed by atoms with E-state index in [2.05, 4.69) is 21.2 Å². The summed E-state index contributed by atoms with van der Waals surface area (Å²) >= 11 is 3.40. The zero-order valence-corrected chi connectivity index (χ0v) is 13.1. The Morgan fingerprint density at radius 2 is 1.95 bits per heavy atom. The van der Waals surface area contributed by atoms with Crippen LogP contribution in [0.2, 0.25) is 0 Å². The summed E-state index contributed by atoms with van der Waals surface area (Å²) in [5.74, 6) is 0.0632. The van der Waals surface area contributed by atoms with Gasteiger partial charge in [0.15, 0.2) is 6.61 Å². The summed E-state index contributed by atoms with van der Waals surface area (Å²) in [6.45, 7) is 1.93. The van der Waals surface area contributed by atoms with Crippen molar-refractivity contribution in [3.05, 3.63) is 58.3 Å². The number of hydrogen-bond donors (Lipinski definition) is 1. The van der Waals surface area contributed by atoms with Gasteiger partial charge in [0.05, 0.1) is 0 Å². The third-order valence-corrected chi connectivity index (χ3v) is 3.38. The van der Waals surface area contributed by atoms with Gasteiger partial charge in [-0.25, -0.2) is 4.39 Å². The van der Waals surface area contributed by atoms with E-state index >= 15 is 0 Å². The maximum atomic E-state index is 12.8. The van der Waals surface area contributed by atoms with Gasteiger partial charge < -0.3 is 10.1 Å². The maximum Gasteiger partial charge on any atom is 0.262 e. The summed E-state index contributed by atoms with van der Waals surface area (Å²) in [6.07, 6.45) is 0.814. The first-order valence-corrected chi connectivity index (χ1v) is 7.34. The number of rotatable bonds is 5. The molecule has 0 aliphatic carbocycles. The number of hydrogen-bond acceptors (Lipinski definition) is 2. The zero-order valence-electron chi connectivity index (χ0n) is 11.5. The summed E-state index contributed by atoms with van der Waals surface area (Å²) in [7, 11) is 0. The van der Waals surface area contributed by atoms with E-state index in [4.69, 9.17) is 4.74 Å². The van der Waals surface area contributed by atoms with Gasteiger partial charge in [-0.1, -0.05) is 22.9 Å². The molecule has 5 heteroatoms. The molecule has 2 aromatic rings. The number of carbonyl (C=O) groups is 1. The molecule has 0 atom stereocenters. The Kier molecular flexibility index (Phi) is 5.33. The predicted octanol–water partition coefficient (Wildman–Crippen LogP) is 4.17. The van der Waals surface area contributed by atoms with E-state index in [-0.39, 0.29) is 18.3 Å². The highest BCUT2D eigenvalue weighted by molar-refractivity contribution is 9.10. The van der Waals surface area contributed by atoms with E-state index < -0.39 is 0 Å². The van der Waals surface area contributed by atoms with Gasteiger partial charge in [0.1, 0.15) is 11.6 Å².